The molecule has 1 aliphatic rings. The van der Waals surface area contributed by atoms with Crippen molar-refractivity contribution >= 4 is 5.97 Å². The highest BCUT2D eigenvalue weighted by molar-refractivity contribution is 5.82. The number of hydrogen-bond donors (Lipinski definition) is 0. The molecule has 1 unspecified atom stereocenters. The maximum absolute atomic E-state index is 12.5. The molecule has 0 amide bonds. The van der Waals surface area contributed by atoms with Crippen molar-refractivity contribution in [3.63, 3.8) is 0 Å². The van der Waals surface area contributed by atoms with Crippen molar-refractivity contribution in [3.05, 3.63) is 12.2 Å². The Bertz CT molecular complexity index is 405. The van der Waals surface area contributed by atoms with Crippen molar-refractivity contribution < 1.29 is 9.53 Å². The molecule has 1 rings (SSSR count). The van der Waals surface area contributed by atoms with Crippen molar-refractivity contribution in [1.82, 2.24) is 4.90 Å². The Morgan fingerprint density at radius 3 is 2.63 bits per heavy atom. The van der Waals surface area contributed by atoms with E-state index in [9.17, 15) is 4.79 Å². The molecule has 0 radical (unpaired) electrons. The molecule has 106 valence electrons. The Labute approximate surface area is 117 Å². The number of likely N-dealkylation sites (tertiary alicyclic amines) is 1. The molecule has 19 heavy (non-hydrogen) atoms. The third-order valence-corrected chi connectivity index (χ3v) is 3.53. The lowest BCUT2D eigenvalue weighted by atomic mass is 9.80. The number of terminal acetylenes is 1. The smallest absolute Gasteiger partial charge is 0.326 e. The van der Waals surface area contributed by atoms with Gasteiger partial charge in [0.1, 0.15) is 5.54 Å². The summed E-state index contributed by atoms with van der Waals surface area (Å²) in [6, 6.07) is 0. The second kappa shape index (κ2) is 5.79. The second-order valence-corrected chi connectivity index (χ2v) is 6.29. The van der Waals surface area contributed by atoms with Crippen LogP contribution in [0, 0.1) is 17.8 Å². The molecule has 0 aromatic rings. The largest absolute Gasteiger partial charge is 0.465 e. The minimum absolute atomic E-state index is 0.0546. The van der Waals surface area contributed by atoms with Crippen LogP contribution in [0.5, 0.6) is 0 Å². The minimum atomic E-state index is -0.641. The van der Waals surface area contributed by atoms with E-state index in [0.29, 0.717) is 19.6 Å². The third-order valence-electron chi connectivity index (χ3n) is 3.53. The molecule has 0 saturated carbocycles. The van der Waals surface area contributed by atoms with Crippen LogP contribution in [-0.2, 0) is 9.53 Å². The molecule has 3 heteroatoms. The Kier molecular flexibility index (Phi) is 4.81. The summed E-state index contributed by atoms with van der Waals surface area (Å²) in [5.41, 5.74) is 0.393. The minimum Gasteiger partial charge on any atom is -0.465 e. The zero-order valence-electron chi connectivity index (χ0n) is 12.6. The first-order valence-corrected chi connectivity index (χ1v) is 6.77. The van der Waals surface area contributed by atoms with E-state index in [1.807, 2.05) is 13.8 Å². The zero-order chi connectivity index (χ0) is 14.7. The summed E-state index contributed by atoms with van der Waals surface area (Å²) in [4.78, 5) is 14.6. The van der Waals surface area contributed by atoms with Crippen molar-refractivity contribution in [3.8, 4) is 12.3 Å². The van der Waals surface area contributed by atoms with Gasteiger partial charge in [0.05, 0.1) is 13.2 Å². The standard InChI is InChI=1S/C16H25NO2/c1-7-9-17-12-15(5,6)11-16(17,10-13(3)4)14(18)19-8-2/h1H,3,8-12H2,2,4-6H3. The Morgan fingerprint density at radius 2 is 2.16 bits per heavy atom. The van der Waals surface area contributed by atoms with Crippen LogP contribution in [0.4, 0.5) is 0 Å². The molecule has 0 aromatic carbocycles. The van der Waals surface area contributed by atoms with Crippen LogP contribution in [-0.4, -0.2) is 36.1 Å². The average Bonchev–Trinajstić information content (AvgIpc) is 2.50. The van der Waals surface area contributed by atoms with Gasteiger partial charge in [-0.2, -0.15) is 0 Å². The number of carbonyl (C=O) groups excluding carboxylic acids is 1. The quantitative estimate of drug-likeness (QED) is 0.434. The molecule has 3 nitrogen and oxygen atoms in total. The van der Waals surface area contributed by atoms with Crippen LogP contribution in [0.15, 0.2) is 12.2 Å². The van der Waals surface area contributed by atoms with Crippen LogP contribution >= 0.6 is 0 Å². The summed E-state index contributed by atoms with van der Waals surface area (Å²) < 4.78 is 5.31. The molecule has 0 N–H and O–H groups in total. The number of carbonyl (C=O) groups is 1. The molecule has 1 saturated heterocycles. The van der Waals surface area contributed by atoms with Gasteiger partial charge in [0.25, 0.3) is 0 Å². The molecular weight excluding hydrogens is 238 g/mol. The van der Waals surface area contributed by atoms with Crippen LogP contribution < -0.4 is 0 Å². The molecule has 0 spiro atoms. The van der Waals surface area contributed by atoms with Gasteiger partial charge >= 0.3 is 5.97 Å². The summed E-state index contributed by atoms with van der Waals surface area (Å²) in [6.07, 6.45) is 6.82. The summed E-state index contributed by atoms with van der Waals surface area (Å²) in [5.74, 6) is 2.49. The van der Waals surface area contributed by atoms with E-state index in [1.165, 1.54) is 0 Å². The first-order valence-electron chi connectivity index (χ1n) is 6.77. The lowest BCUT2D eigenvalue weighted by Crippen LogP contribution is -2.51. The first-order chi connectivity index (χ1) is 8.77. The SMILES string of the molecule is C#CCN1CC(C)(C)CC1(CC(=C)C)C(=O)OCC. The van der Waals surface area contributed by atoms with Crippen LogP contribution in [0.25, 0.3) is 0 Å². The Balaban J connectivity index is 3.15. The molecule has 1 heterocycles. The summed E-state index contributed by atoms with van der Waals surface area (Å²) in [7, 11) is 0. The summed E-state index contributed by atoms with van der Waals surface area (Å²) in [6.45, 7) is 13.7. The molecular formula is C16H25NO2. The maximum Gasteiger partial charge on any atom is 0.326 e. The molecule has 1 fully saturated rings. The van der Waals surface area contributed by atoms with Crippen LogP contribution in [0.2, 0.25) is 0 Å². The maximum atomic E-state index is 12.5. The van der Waals surface area contributed by atoms with Crippen molar-refractivity contribution in [1.29, 1.82) is 0 Å². The van der Waals surface area contributed by atoms with E-state index in [2.05, 4.69) is 31.2 Å². The van der Waals surface area contributed by atoms with Gasteiger partial charge in [0, 0.05) is 6.54 Å². The van der Waals surface area contributed by atoms with E-state index in [-0.39, 0.29) is 11.4 Å². The van der Waals surface area contributed by atoms with E-state index >= 15 is 0 Å². The highest BCUT2D eigenvalue weighted by atomic mass is 16.5. The molecule has 0 aliphatic carbocycles. The van der Waals surface area contributed by atoms with Crippen LogP contribution in [0.1, 0.15) is 40.5 Å². The number of rotatable bonds is 5. The fourth-order valence-electron chi connectivity index (χ4n) is 3.16. The highest BCUT2D eigenvalue weighted by Crippen LogP contribution is 2.44. The molecule has 0 bridgehead atoms. The Hall–Kier alpha value is -1.27. The van der Waals surface area contributed by atoms with E-state index < -0.39 is 5.54 Å². The predicted molar refractivity (Wildman–Crippen MR) is 77.6 cm³/mol. The predicted octanol–water partition coefficient (Wildman–Crippen LogP) is 2.62. The summed E-state index contributed by atoms with van der Waals surface area (Å²) >= 11 is 0. The fourth-order valence-corrected chi connectivity index (χ4v) is 3.16. The molecule has 1 aliphatic heterocycles. The van der Waals surface area contributed by atoms with E-state index in [0.717, 1.165) is 18.5 Å². The zero-order valence-corrected chi connectivity index (χ0v) is 12.6. The summed E-state index contributed by atoms with van der Waals surface area (Å²) in [5, 5.41) is 0. The van der Waals surface area contributed by atoms with Crippen molar-refractivity contribution in [2.75, 3.05) is 19.7 Å². The van der Waals surface area contributed by atoms with Gasteiger partial charge in [-0.15, -0.1) is 13.0 Å². The lowest BCUT2D eigenvalue weighted by Gasteiger charge is -2.35. The molecule has 0 aromatic heterocycles. The highest BCUT2D eigenvalue weighted by Gasteiger charge is 2.54. The fraction of sp³-hybridized carbons (Fsp3) is 0.688. The second-order valence-electron chi connectivity index (χ2n) is 6.29. The van der Waals surface area contributed by atoms with Gasteiger partial charge in [0.15, 0.2) is 0 Å². The van der Waals surface area contributed by atoms with Crippen LogP contribution in [0.3, 0.4) is 0 Å². The lowest BCUT2D eigenvalue weighted by molar-refractivity contribution is -0.156. The third kappa shape index (κ3) is 3.39. The Morgan fingerprint density at radius 1 is 1.53 bits per heavy atom. The monoisotopic (exact) mass is 263 g/mol. The normalized spacial score (nSPS) is 25.8. The average molecular weight is 263 g/mol. The van der Waals surface area contributed by atoms with E-state index in [4.69, 9.17) is 11.2 Å². The number of ether oxygens (including phenoxy) is 1. The topological polar surface area (TPSA) is 29.5 Å². The van der Waals surface area contributed by atoms with Gasteiger partial charge < -0.3 is 4.74 Å². The molecule has 1 atom stereocenters. The van der Waals surface area contributed by atoms with E-state index in [1.54, 1.807) is 0 Å². The van der Waals surface area contributed by atoms with Gasteiger partial charge in [-0.25, -0.2) is 0 Å². The van der Waals surface area contributed by atoms with Crippen molar-refractivity contribution in [2.24, 2.45) is 5.41 Å². The number of esters is 1. The van der Waals surface area contributed by atoms with Crippen molar-refractivity contribution in [2.45, 2.75) is 46.1 Å². The van der Waals surface area contributed by atoms with Gasteiger partial charge in [-0.05, 0) is 32.1 Å². The number of hydrogen-bond acceptors (Lipinski definition) is 3. The first kappa shape index (κ1) is 15.8. The van der Waals surface area contributed by atoms with Gasteiger partial charge in [-0.3, -0.25) is 9.69 Å². The van der Waals surface area contributed by atoms with Gasteiger partial charge in [0.2, 0.25) is 0 Å². The van der Waals surface area contributed by atoms with Gasteiger partial charge in [-0.1, -0.05) is 25.3 Å². The number of nitrogens with zero attached hydrogens (tertiary/aromatic N) is 1.